The van der Waals surface area contributed by atoms with Crippen molar-refractivity contribution < 1.29 is 33.9 Å². The van der Waals surface area contributed by atoms with E-state index in [1.165, 1.54) is 22.7 Å². The number of likely N-dealkylation sites (tertiary alicyclic amines) is 1. The first-order valence-electron chi connectivity index (χ1n) is 11.3. The molecule has 4 rings (SSSR count). The van der Waals surface area contributed by atoms with E-state index in [1.807, 2.05) is 41.8 Å². The van der Waals surface area contributed by atoms with Gasteiger partial charge in [0.15, 0.2) is 0 Å². The molecule has 3 aliphatic rings. The molecular weight excluding hydrogens is 460 g/mol. The van der Waals surface area contributed by atoms with Crippen LogP contribution in [0.1, 0.15) is 20.3 Å². The molecule has 6 atom stereocenters. The van der Waals surface area contributed by atoms with Crippen molar-refractivity contribution in [1.29, 1.82) is 0 Å². The lowest BCUT2D eigenvalue weighted by atomic mass is 9.79. The van der Waals surface area contributed by atoms with Crippen LogP contribution in [-0.2, 0) is 27.9 Å². The maximum absolute atomic E-state index is 12.8. The number of aliphatic hydroxyl groups is 1. The zero-order valence-corrected chi connectivity index (χ0v) is 20.4. The molecular formula is C23H31N4O6S+. The van der Waals surface area contributed by atoms with Gasteiger partial charge >= 0.3 is 12.1 Å². The van der Waals surface area contributed by atoms with Gasteiger partial charge in [-0.1, -0.05) is 19.6 Å². The summed E-state index contributed by atoms with van der Waals surface area (Å²) >= 11 is 1.43. The van der Waals surface area contributed by atoms with E-state index in [0.717, 1.165) is 0 Å². The predicted molar refractivity (Wildman–Crippen MR) is 123 cm³/mol. The van der Waals surface area contributed by atoms with Gasteiger partial charge in [0.1, 0.15) is 31.2 Å². The van der Waals surface area contributed by atoms with Gasteiger partial charge < -0.3 is 24.7 Å². The molecule has 0 bridgehead atoms. The third-order valence-corrected chi connectivity index (χ3v) is 8.28. The number of aliphatic carboxylic acids is 1. The summed E-state index contributed by atoms with van der Waals surface area (Å²) in [6.45, 7) is 8.16. The Hall–Kier alpha value is -2.79. The maximum atomic E-state index is 12.8. The number of carbonyl (C=O) groups excluding carboxylic acids is 2. The molecule has 0 aliphatic carbocycles. The monoisotopic (exact) mass is 491 g/mol. The van der Waals surface area contributed by atoms with E-state index >= 15 is 0 Å². The minimum absolute atomic E-state index is 0.00562. The highest BCUT2D eigenvalue weighted by molar-refractivity contribution is 8.03. The normalized spacial score (nSPS) is 29.2. The number of carboxylic acids is 1. The number of carbonyl (C=O) groups is 3. The number of aryl methyl sites for hydroxylation is 1. The number of β-lactam (4-membered cyclic amide) rings is 1. The molecule has 2 N–H and O–H groups in total. The molecule has 10 nitrogen and oxygen atoms in total. The second kappa shape index (κ2) is 9.46. The van der Waals surface area contributed by atoms with Crippen molar-refractivity contribution in [1.82, 2.24) is 14.4 Å². The van der Waals surface area contributed by atoms with Crippen LogP contribution < -0.4 is 4.57 Å². The first-order chi connectivity index (χ1) is 16.1. The van der Waals surface area contributed by atoms with E-state index in [-0.39, 0.29) is 41.5 Å². The van der Waals surface area contributed by atoms with Crippen LogP contribution in [0.4, 0.5) is 4.79 Å². The Morgan fingerprint density at radius 3 is 2.76 bits per heavy atom. The summed E-state index contributed by atoms with van der Waals surface area (Å²) in [5.74, 6) is -2.30. The van der Waals surface area contributed by atoms with Crippen LogP contribution in [0.3, 0.4) is 0 Å². The summed E-state index contributed by atoms with van der Waals surface area (Å²) in [6.07, 6.45) is 6.69. The van der Waals surface area contributed by atoms with Crippen LogP contribution in [0.25, 0.3) is 0 Å². The number of hydrogen-bond donors (Lipinski definition) is 2. The van der Waals surface area contributed by atoms with Crippen molar-refractivity contribution in [3.05, 3.63) is 42.0 Å². The zero-order valence-electron chi connectivity index (χ0n) is 19.5. The van der Waals surface area contributed by atoms with Crippen molar-refractivity contribution in [2.45, 2.75) is 50.3 Å². The number of nitrogens with zero attached hydrogens (tertiary/aromatic N) is 4. The molecule has 2 fully saturated rings. The molecule has 0 saturated carbocycles. The van der Waals surface area contributed by atoms with Crippen molar-refractivity contribution in [3.63, 3.8) is 0 Å². The quantitative estimate of drug-likeness (QED) is 0.316. The Kier molecular flexibility index (Phi) is 6.77. The van der Waals surface area contributed by atoms with Crippen LogP contribution in [-0.4, -0.2) is 79.1 Å². The molecule has 184 valence electrons. The number of aliphatic hydroxyl groups excluding tert-OH is 1. The lowest BCUT2D eigenvalue weighted by Gasteiger charge is -2.46. The average Bonchev–Trinajstić information content (AvgIpc) is 3.42. The highest BCUT2D eigenvalue weighted by atomic mass is 32.2. The highest BCUT2D eigenvalue weighted by Crippen LogP contribution is 2.52. The smallest absolute Gasteiger partial charge is 0.410 e. The average molecular weight is 492 g/mol. The van der Waals surface area contributed by atoms with Crippen LogP contribution in [0, 0.1) is 11.8 Å². The first-order valence-corrected chi connectivity index (χ1v) is 12.2. The molecule has 1 aromatic heterocycles. The van der Waals surface area contributed by atoms with E-state index < -0.39 is 24.1 Å². The highest BCUT2D eigenvalue weighted by Gasteiger charge is 2.60. The van der Waals surface area contributed by atoms with Crippen LogP contribution in [0.2, 0.25) is 0 Å². The Balaban J connectivity index is 1.55. The number of rotatable bonds is 8. The van der Waals surface area contributed by atoms with Crippen LogP contribution in [0.15, 0.2) is 42.0 Å². The van der Waals surface area contributed by atoms with E-state index in [9.17, 15) is 24.6 Å². The molecule has 3 aliphatic heterocycles. The van der Waals surface area contributed by atoms with Gasteiger partial charge in [-0.15, -0.1) is 11.8 Å². The van der Waals surface area contributed by atoms with Gasteiger partial charge in [0, 0.05) is 22.6 Å². The third-order valence-electron chi connectivity index (χ3n) is 6.79. The molecule has 34 heavy (non-hydrogen) atoms. The molecule has 0 aromatic carbocycles. The Morgan fingerprint density at radius 1 is 1.44 bits per heavy atom. The SMILES string of the molecule is C=CCOC(=O)N1C[C@@H](SC2=C(C(=O)O)N3C(=O)[C@H]([C@@H](C)O)[C@H]3[C@H]2C)C[C@H]1Cn1cc[n+](C)c1. The minimum Gasteiger partial charge on any atom is -0.477 e. The van der Waals surface area contributed by atoms with E-state index in [2.05, 4.69) is 6.58 Å². The van der Waals surface area contributed by atoms with Crippen molar-refractivity contribution in [2.24, 2.45) is 18.9 Å². The van der Waals surface area contributed by atoms with Gasteiger partial charge in [0.2, 0.25) is 12.2 Å². The summed E-state index contributed by atoms with van der Waals surface area (Å²) in [4.78, 5) is 41.1. The van der Waals surface area contributed by atoms with Crippen molar-refractivity contribution in [3.8, 4) is 0 Å². The first kappa shape index (κ1) is 24.3. The molecule has 2 saturated heterocycles. The second-order valence-electron chi connectivity index (χ2n) is 9.20. The van der Waals surface area contributed by atoms with E-state index in [4.69, 9.17) is 4.74 Å². The van der Waals surface area contributed by atoms with Gasteiger partial charge in [-0.05, 0) is 13.3 Å². The van der Waals surface area contributed by atoms with E-state index in [1.54, 1.807) is 11.8 Å². The lowest BCUT2D eigenvalue weighted by molar-refractivity contribution is -0.671. The lowest BCUT2D eigenvalue weighted by Crippen LogP contribution is -2.63. The Labute approximate surface area is 202 Å². The molecule has 11 heteroatoms. The van der Waals surface area contributed by atoms with Crippen LogP contribution >= 0.6 is 11.8 Å². The van der Waals surface area contributed by atoms with Gasteiger partial charge in [-0.2, -0.15) is 0 Å². The number of ether oxygens (including phenoxy) is 1. The summed E-state index contributed by atoms with van der Waals surface area (Å²) in [5, 5.41) is 19.9. The van der Waals surface area contributed by atoms with Crippen molar-refractivity contribution >= 4 is 29.7 Å². The fraction of sp³-hybridized carbons (Fsp3) is 0.565. The van der Waals surface area contributed by atoms with Gasteiger partial charge in [0.25, 0.3) is 0 Å². The fourth-order valence-electron chi connectivity index (χ4n) is 5.28. The number of carboxylic acid groups (broad SMARTS) is 1. The maximum Gasteiger partial charge on any atom is 0.410 e. The molecule has 1 aromatic rings. The zero-order chi connectivity index (χ0) is 24.7. The fourth-order valence-corrected chi connectivity index (χ4v) is 6.84. The summed E-state index contributed by atoms with van der Waals surface area (Å²) in [6, 6.07) is -0.483. The van der Waals surface area contributed by atoms with Gasteiger partial charge in [-0.25, -0.2) is 18.7 Å². The van der Waals surface area contributed by atoms with Crippen molar-refractivity contribution in [2.75, 3.05) is 13.2 Å². The number of fused-ring (bicyclic) bond motifs is 1. The Morgan fingerprint density at radius 2 is 2.18 bits per heavy atom. The number of imidazole rings is 1. The molecule has 0 radical (unpaired) electrons. The number of hydrogen-bond acceptors (Lipinski definition) is 6. The predicted octanol–water partition coefficient (Wildman–Crippen LogP) is 0.965. The second-order valence-corrected chi connectivity index (χ2v) is 10.5. The standard InChI is InChI=1S/C23H30N4O6S/c1-5-8-33-23(32)26-11-16(9-15(26)10-25-7-6-24(4)12-25)34-20-13(2)18-17(14(3)28)21(29)27(18)19(20)22(30)31/h5-7,12-18,28H,1,8-11H2,2-4H3/p+1/t13-,14-,15+,16+,17-,18-/m1/s1. The van der Waals surface area contributed by atoms with Gasteiger partial charge in [0.05, 0.1) is 31.2 Å². The summed E-state index contributed by atoms with van der Waals surface area (Å²) in [5.41, 5.74) is 0.00562. The van der Waals surface area contributed by atoms with Crippen LogP contribution in [0.5, 0.6) is 0 Å². The summed E-state index contributed by atoms with van der Waals surface area (Å²) in [7, 11) is 1.92. The number of thioether (sulfide) groups is 1. The molecule has 0 unspecified atom stereocenters. The summed E-state index contributed by atoms with van der Waals surface area (Å²) < 4.78 is 9.23. The molecule has 4 heterocycles. The van der Waals surface area contributed by atoms with Gasteiger partial charge in [-0.3, -0.25) is 4.79 Å². The largest absolute Gasteiger partial charge is 0.477 e. The Bertz CT molecular complexity index is 1040. The number of amides is 2. The number of aromatic nitrogens is 2. The topological polar surface area (TPSA) is 116 Å². The molecule has 0 spiro atoms. The minimum atomic E-state index is -1.15. The molecule has 2 amide bonds. The van der Waals surface area contributed by atoms with E-state index in [0.29, 0.717) is 24.4 Å². The third kappa shape index (κ3) is 4.22.